The Morgan fingerprint density at radius 3 is 2.80 bits per heavy atom. The third-order valence-corrected chi connectivity index (χ3v) is 6.20. The fourth-order valence-electron chi connectivity index (χ4n) is 2.65. The molecule has 5 nitrogen and oxygen atoms in total. The number of rotatable bonds is 6. The molecular formula is C21H18BrClN2O3S2. The number of nitrogens with one attached hydrogen (secondary N) is 1. The number of hydrogen-bond donors (Lipinski definition) is 1. The van der Waals surface area contributed by atoms with Crippen molar-refractivity contribution in [2.45, 2.75) is 20.3 Å². The Bertz CT molecular complexity index is 1060. The maximum absolute atomic E-state index is 12.9. The minimum atomic E-state index is -0.507. The number of carbonyl (C=O) groups excluding carboxylic acids is 2. The van der Waals surface area contributed by atoms with Crippen molar-refractivity contribution in [1.82, 2.24) is 10.4 Å². The van der Waals surface area contributed by atoms with Crippen LogP contribution >= 0.6 is 51.5 Å². The summed E-state index contributed by atoms with van der Waals surface area (Å²) in [5.74, 6) is -0.254. The first-order valence-electron chi connectivity index (χ1n) is 9.07. The number of halogens is 2. The average molecular weight is 526 g/mol. The molecule has 0 spiro atoms. The standard InChI is InChI=1S/C21H18BrClN2O3S2/c1-3-8-28-17-7-5-14(22)10-13(17)11-18-20(27)25(21(29)30-18)24-19(26)15-6-4-12(2)9-16(15)23/h4-7,9-11H,3,8H2,1-2H3,(H,24,26)/b18-11+. The largest absolute Gasteiger partial charge is 0.493 e. The maximum Gasteiger partial charge on any atom is 0.285 e. The van der Waals surface area contributed by atoms with Crippen molar-refractivity contribution in [3.63, 3.8) is 0 Å². The predicted octanol–water partition coefficient (Wildman–Crippen LogP) is 5.75. The van der Waals surface area contributed by atoms with E-state index in [1.807, 2.05) is 32.0 Å². The van der Waals surface area contributed by atoms with Gasteiger partial charge in [0, 0.05) is 10.0 Å². The second-order valence-electron chi connectivity index (χ2n) is 6.47. The summed E-state index contributed by atoms with van der Waals surface area (Å²) in [4.78, 5) is 25.9. The number of hydrogen-bond acceptors (Lipinski definition) is 5. The lowest BCUT2D eigenvalue weighted by molar-refractivity contribution is -0.123. The van der Waals surface area contributed by atoms with Crippen LogP contribution in [0.1, 0.15) is 34.8 Å². The van der Waals surface area contributed by atoms with E-state index >= 15 is 0 Å². The van der Waals surface area contributed by atoms with E-state index in [4.69, 9.17) is 28.6 Å². The maximum atomic E-state index is 12.9. The molecular weight excluding hydrogens is 508 g/mol. The summed E-state index contributed by atoms with van der Waals surface area (Å²) in [6.45, 7) is 4.46. The Morgan fingerprint density at radius 1 is 1.33 bits per heavy atom. The zero-order valence-corrected chi connectivity index (χ0v) is 20.2. The molecule has 30 heavy (non-hydrogen) atoms. The van der Waals surface area contributed by atoms with E-state index in [1.54, 1.807) is 24.3 Å². The number of benzene rings is 2. The van der Waals surface area contributed by atoms with Gasteiger partial charge in [0.05, 0.1) is 22.1 Å². The molecule has 0 radical (unpaired) electrons. The lowest BCUT2D eigenvalue weighted by Gasteiger charge is -2.16. The number of ether oxygens (including phenoxy) is 1. The monoisotopic (exact) mass is 524 g/mol. The van der Waals surface area contributed by atoms with Crippen LogP contribution in [0.5, 0.6) is 5.75 Å². The fraction of sp³-hybridized carbons (Fsp3) is 0.190. The second-order valence-corrected chi connectivity index (χ2v) is 9.47. The molecule has 3 rings (SSSR count). The molecule has 9 heteroatoms. The zero-order chi connectivity index (χ0) is 21.8. The van der Waals surface area contributed by atoms with Crippen molar-refractivity contribution in [1.29, 1.82) is 0 Å². The van der Waals surface area contributed by atoms with Gasteiger partial charge >= 0.3 is 0 Å². The van der Waals surface area contributed by atoms with Gasteiger partial charge in [0.1, 0.15) is 5.75 Å². The number of amides is 2. The van der Waals surface area contributed by atoms with E-state index in [0.717, 1.165) is 38.8 Å². The van der Waals surface area contributed by atoms with E-state index in [1.165, 1.54) is 0 Å². The number of carbonyl (C=O) groups is 2. The third kappa shape index (κ3) is 5.24. The van der Waals surface area contributed by atoms with E-state index < -0.39 is 11.8 Å². The molecule has 0 unspecified atom stereocenters. The summed E-state index contributed by atoms with van der Waals surface area (Å²) in [5, 5.41) is 1.37. The van der Waals surface area contributed by atoms with Crippen molar-refractivity contribution in [3.8, 4) is 5.75 Å². The quantitative estimate of drug-likeness (QED) is 0.385. The lowest BCUT2D eigenvalue weighted by Crippen LogP contribution is -2.44. The average Bonchev–Trinajstić information content (AvgIpc) is 2.94. The van der Waals surface area contributed by atoms with Gasteiger partial charge in [-0.1, -0.05) is 52.3 Å². The van der Waals surface area contributed by atoms with Gasteiger partial charge in [0.2, 0.25) is 0 Å². The molecule has 1 saturated heterocycles. The molecule has 1 N–H and O–H groups in total. The van der Waals surface area contributed by atoms with Crippen LogP contribution in [-0.2, 0) is 4.79 Å². The molecule has 2 aromatic rings. The summed E-state index contributed by atoms with van der Waals surface area (Å²) < 4.78 is 6.86. The SMILES string of the molecule is CCCOc1ccc(Br)cc1/C=C1/SC(=S)N(NC(=O)c2ccc(C)cc2Cl)C1=O. The van der Waals surface area contributed by atoms with Crippen LogP contribution in [-0.4, -0.2) is 27.8 Å². The first-order chi connectivity index (χ1) is 14.3. The molecule has 1 aliphatic rings. The van der Waals surface area contributed by atoms with Gasteiger partial charge < -0.3 is 4.74 Å². The third-order valence-electron chi connectivity index (χ3n) is 4.10. The van der Waals surface area contributed by atoms with Crippen molar-refractivity contribution >= 4 is 73.7 Å². The minimum Gasteiger partial charge on any atom is -0.493 e. The molecule has 0 atom stereocenters. The molecule has 1 fully saturated rings. The summed E-state index contributed by atoms with van der Waals surface area (Å²) >= 11 is 16.0. The predicted molar refractivity (Wildman–Crippen MR) is 129 cm³/mol. The molecule has 0 bridgehead atoms. The van der Waals surface area contributed by atoms with Gasteiger partial charge in [0.25, 0.3) is 11.8 Å². The Balaban J connectivity index is 1.83. The number of nitrogens with zero attached hydrogens (tertiary/aromatic N) is 1. The summed E-state index contributed by atoms with van der Waals surface area (Å²) in [5.41, 5.74) is 4.49. The van der Waals surface area contributed by atoms with E-state index in [2.05, 4.69) is 21.4 Å². The van der Waals surface area contributed by atoms with Crippen molar-refractivity contribution < 1.29 is 14.3 Å². The first-order valence-corrected chi connectivity index (χ1v) is 11.5. The summed E-state index contributed by atoms with van der Waals surface area (Å²) in [6, 6.07) is 10.6. The highest BCUT2D eigenvalue weighted by molar-refractivity contribution is 9.10. The molecule has 0 aromatic heterocycles. The van der Waals surface area contributed by atoms with Gasteiger partial charge in [-0.25, -0.2) is 0 Å². The zero-order valence-electron chi connectivity index (χ0n) is 16.2. The first kappa shape index (κ1) is 22.8. The van der Waals surface area contributed by atoms with E-state index in [9.17, 15) is 9.59 Å². The van der Waals surface area contributed by atoms with Crippen LogP contribution < -0.4 is 10.2 Å². The van der Waals surface area contributed by atoms with Crippen LogP contribution in [0.25, 0.3) is 6.08 Å². The van der Waals surface area contributed by atoms with Crippen LogP contribution in [0.3, 0.4) is 0 Å². The second kappa shape index (κ2) is 9.96. The van der Waals surface area contributed by atoms with E-state index in [0.29, 0.717) is 22.3 Å². The normalized spacial score (nSPS) is 15.1. The smallest absolute Gasteiger partial charge is 0.285 e. The van der Waals surface area contributed by atoms with Crippen LogP contribution in [0.4, 0.5) is 0 Å². The molecule has 1 aliphatic heterocycles. The van der Waals surface area contributed by atoms with Gasteiger partial charge in [-0.3, -0.25) is 15.0 Å². The molecule has 156 valence electrons. The number of thiocarbonyl (C=S) groups is 1. The lowest BCUT2D eigenvalue weighted by atomic mass is 10.1. The molecule has 2 amide bonds. The molecule has 2 aromatic carbocycles. The molecule has 0 saturated carbocycles. The van der Waals surface area contributed by atoms with Crippen LogP contribution in [0.2, 0.25) is 5.02 Å². The highest BCUT2D eigenvalue weighted by Crippen LogP contribution is 2.34. The van der Waals surface area contributed by atoms with Gasteiger partial charge in [-0.2, -0.15) is 5.01 Å². The van der Waals surface area contributed by atoms with Crippen LogP contribution in [0, 0.1) is 6.92 Å². The molecule has 0 aliphatic carbocycles. The highest BCUT2D eigenvalue weighted by Gasteiger charge is 2.34. The van der Waals surface area contributed by atoms with Crippen molar-refractivity contribution in [2.75, 3.05) is 6.61 Å². The van der Waals surface area contributed by atoms with Crippen LogP contribution in [0.15, 0.2) is 45.8 Å². The number of aryl methyl sites for hydroxylation is 1. The summed E-state index contributed by atoms with van der Waals surface area (Å²) in [6.07, 6.45) is 2.57. The number of thioether (sulfide) groups is 1. The summed E-state index contributed by atoms with van der Waals surface area (Å²) in [7, 11) is 0. The Labute approximate surface area is 197 Å². The fourth-order valence-corrected chi connectivity index (χ4v) is 4.52. The Morgan fingerprint density at radius 2 is 2.10 bits per heavy atom. The molecule has 1 heterocycles. The Kier molecular flexibility index (Phi) is 7.57. The van der Waals surface area contributed by atoms with Gasteiger partial charge in [0.15, 0.2) is 4.32 Å². The topological polar surface area (TPSA) is 58.6 Å². The van der Waals surface area contributed by atoms with Gasteiger partial charge in [-0.05, 0) is 67.5 Å². The van der Waals surface area contributed by atoms with Gasteiger partial charge in [-0.15, -0.1) is 0 Å². The Hall–Kier alpha value is -1.87. The minimum absolute atomic E-state index is 0.230. The highest BCUT2D eigenvalue weighted by atomic mass is 79.9. The number of hydrazine groups is 1. The van der Waals surface area contributed by atoms with Crippen molar-refractivity contribution in [2.24, 2.45) is 0 Å². The van der Waals surface area contributed by atoms with E-state index in [-0.39, 0.29) is 9.88 Å². The van der Waals surface area contributed by atoms with Crippen molar-refractivity contribution in [3.05, 3.63) is 67.5 Å².